The molecule has 0 spiro atoms. The van der Waals surface area contributed by atoms with Crippen LogP contribution in [-0.2, 0) is 4.74 Å². The van der Waals surface area contributed by atoms with Crippen LogP contribution < -0.4 is 30.3 Å². The topological polar surface area (TPSA) is 98.0 Å². The van der Waals surface area contributed by atoms with Gasteiger partial charge in [0, 0.05) is 86.5 Å². The number of piperidine rings is 2. The maximum Gasteiger partial charge on any atom is 0.145 e. The minimum atomic E-state index is 0.243. The summed E-state index contributed by atoms with van der Waals surface area (Å²) in [6.45, 7) is 10.2. The predicted octanol–water partition coefficient (Wildman–Crippen LogP) is 5.11. The zero-order chi connectivity index (χ0) is 31.1. The normalized spacial score (nSPS) is 22.0. The number of anilines is 2. The number of methoxy groups -OCH3 is 3. The predicted molar refractivity (Wildman–Crippen MR) is 180 cm³/mol. The highest BCUT2D eigenvalue weighted by Gasteiger charge is 2.26. The maximum atomic E-state index is 6.17. The number of nitrogens with one attached hydrogen (secondary N) is 1. The Bertz CT molecular complexity index is 1510. The molecule has 3 N–H and O–H groups in total. The summed E-state index contributed by atoms with van der Waals surface area (Å²) in [5, 5.41) is 5.90. The van der Waals surface area contributed by atoms with Gasteiger partial charge >= 0.3 is 0 Å². The van der Waals surface area contributed by atoms with Crippen LogP contribution >= 0.6 is 0 Å². The monoisotopic (exact) mass is 600 g/mol. The van der Waals surface area contributed by atoms with Crippen LogP contribution in [0.25, 0.3) is 21.8 Å². The minimum absolute atomic E-state index is 0.243. The van der Waals surface area contributed by atoms with Crippen molar-refractivity contribution in [3.8, 4) is 11.5 Å². The van der Waals surface area contributed by atoms with Crippen LogP contribution in [0.5, 0.6) is 11.5 Å². The van der Waals surface area contributed by atoms with Crippen LogP contribution in [0.2, 0.25) is 0 Å². The van der Waals surface area contributed by atoms with E-state index >= 15 is 0 Å². The molecule has 44 heavy (non-hydrogen) atoms. The van der Waals surface area contributed by atoms with Crippen molar-refractivity contribution in [2.45, 2.75) is 38.8 Å². The Morgan fingerprint density at radius 1 is 0.750 bits per heavy atom. The van der Waals surface area contributed by atoms with Gasteiger partial charge in [-0.2, -0.15) is 0 Å². The van der Waals surface area contributed by atoms with Crippen molar-refractivity contribution in [1.82, 2.24) is 15.3 Å². The van der Waals surface area contributed by atoms with Crippen molar-refractivity contribution in [2.75, 3.05) is 70.5 Å². The number of fused-ring (bicyclic) bond motifs is 2. The third-order valence-electron chi connectivity index (χ3n) is 8.63. The Morgan fingerprint density at radius 2 is 1.30 bits per heavy atom. The highest BCUT2D eigenvalue weighted by molar-refractivity contribution is 5.96. The fourth-order valence-electron chi connectivity index (χ4n) is 6.80. The highest BCUT2D eigenvalue weighted by atomic mass is 16.5. The van der Waals surface area contributed by atoms with E-state index in [0.717, 1.165) is 79.1 Å². The molecule has 0 unspecified atom stereocenters. The fourth-order valence-corrected chi connectivity index (χ4v) is 6.80. The van der Waals surface area contributed by atoms with Crippen molar-refractivity contribution in [3.05, 3.63) is 60.9 Å². The summed E-state index contributed by atoms with van der Waals surface area (Å²) in [6.07, 6.45) is 5.93. The Balaban J connectivity index is 0.000000177. The molecule has 2 aromatic heterocycles. The minimum Gasteiger partial charge on any atom is -0.494 e. The molecule has 6 rings (SSSR count). The lowest BCUT2D eigenvalue weighted by Crippen LogP contribution is -2.49. The molecule has 2 fully saturated rings. The van der Waals surface area contributed by atoms with Crippen molar-refractivity contribution >= 4 is 33.2 Å². The van der Waals surface area contributed by atoms with Crippen LogP contribution in [0.3, 0.4) is 0 Å². The first-order valence-electron chi connectivity index (χ1n) is 15.7. The van der Waals surface area contributed by atoms with Gasteiger partial charge in [0.1, 0.15) is 22.5 Å². The molecule has 236 valence electrons. The van der Waals surface area contributed by atoms with Gasteiger partial charge in [0.15, 0.2) is 0 Å². The van der Waals surface area contributed by atoms with Gasteiger partial charge in [-0.05, 0) is 73.2 Å². The standard InChI is InChI=1S/C19H27N3O2.C16H21N3O/c1-14-11-15(20-9-10-23-2)13-22(12-14)17-6-7-18(24-3)19-16(17)5-4-8-21-19;1-11-8-12(17)10-19(9-11)14-5-6-15(20-2)16-13(14)4-3-7-18-16/h4-8,14-15,20H,9-13H2,1-3H3;3-7,11-12H,8-10,17H2,1-2H3/t14-,15+;11-,12+/m00/s1. The molecule has 4 atom stereocenters. The van der Waals surface area contributed by atoms with E-state index in [2.05, 4.69) is 63.2 Å². The molecular formula is C35H48N6O3. The molecule has 0 radical (unpaired) electrons. The molecular weight excluding hydrogens is 552 g/mol. The van der Waals surface area contributed by atoms with Gasteiger partial charge in [0.05, 0.1) is 20.8 Å². The van der Waals surface area contributed by atoms with Gasteiger partial charge in [-0.1, -0.05) is 13.8 Å². The Hall–Kier alpha value is -3.66. The molecule has 9 heteroatoms. The SMILES string of the molecule is COCCN[C@@H]1C[C@H](C)CN(c2ccc(OC)c3ncccc23)C1.COc1ccc(N2C[C@@H](C)C[C@@H](N)C2)c2cccnc12. The molecule has 4 aromatic rings. The summed E-state index contributed by atoms with van der Waals surface area (Å²) in [7, 11) is 5.12. The van der Waals surface area contributed by atoms with Crippen LogP contribution in [0, 0.1) is 11.8 Å². The molecule has 0 amide bonds. The molecule has 2 aliphatic heterocycles. The first kappa shape index (κ1) is 31.8. The van der Waals surface area contributed by atoms with E-state index in [4.69, 9.17) is 19.9 Å². The van der Waals surface area contributed by atoms with E-state index in [-0.39, 0.29) is 6.04 Å². The third-order valence-corrected chi connectivity index (χ3v) is 8.63. The van der Waals surface area contributed by atoms with Crippen LogP contribution in [0.1, 0.15) is 26.7 Å². The molecule has 4 heterocycles. The average molecular weight is 601 g/mol. The summed E-state index contributed by atoms with van der Waals surface area (Å²) in [4.78, 5) is 13.8. The summed E-state index contributed by atoms with van der Waals surface area (Å²) in [6, 6.07) is 17.2. The lowest BCUT2D eigenvalue weighted by Gasteiger charge is -2.39. The summed E-state index contributed by atoms with van der Waals surface area (Å²) in [5.41, 5.74) is 10.5. The fraction of sp³-hybridized carbons (Fsp3) is 0.486. The Labute approximate surface area is 261 Å². The van der Waals surface area contributed by atoms with E-state index < -0.39 is 0 Å². The largest absolute Gasteiger partial charge is 0.494 e. The number of benzene rings is 2. The van der Waals surface area contributed by atoms with Crippen molar-refractivity contribution in [2.24, 2.45) is 17.6 Å². The number of pyridine rings is 2. The van der Waals surface area contributed by atoms with Gasteiger partial charge in [0.2, 0.25) is 0 Å². The van der Waals surface area contributed by atoms with E-state index in [1.165, 1.54) is 17.8 Å². The Kier molecular flexibility index (Phi) is 10.7. The van der Waals surface area contributed by atoms with Gasteiger partial charge in [0.25, 0.3) is 0 Å². The second-order valence-electron chi connectivity index (χ2n) is 12.3. The maximum absolute atomic E-state index is 6.17. The zero-order valence-electron chi connectivity index (χ0n) is 26.8. The van der Waals surface area contributed by atoms with Crippen molar-refractivity contribution in [1.29, 1.82) is 0 Å². The van der Waals surface area contributed by atoms with Crippen molar-refractivity contribution in [3.63, 3.8) is 0 Å². The number of nitrogens with zero attached hydrogens (tertiary/aromatic N) is 4. The van der Waals surface area contributed by atoms with E-state index in [1.807, 2.05) is 30.5 Å². The molecule has 2 aliphatic rings. The highest BCUT2D eigenvalue weighted by Crippen LogP contribution is 2.35. The molecule has 0 saturated carbocycles. The zero-order valence-corrected chi connectivity index (χ0v) is 26.8. The molecule has 2 aromatic carbocycles. The summed E-state index contributed by atoms with van der Waals surface area (Å²) >= 11 is 0. The second-order valence-corrected chi connectivity index (χ2v) is 12.3. The number of aromatic nitrogens is 2. The van der Waals surface area contributed by atoms with Crippen molar-refractivity contribution < 1.29 is 14.2 Å². The second kappa shape index (κ2) is 14.9. The number of rotatable bonds is 8. The van der Waals surface area contributed by atoms with E-state index in [0.29, 0.717) is 17.9 Å². The van der Waals surface area contributed by atoms with Crippen LogP contribution in [0.15, 0.2) is 60.9 Å². The molecule has 0 aliphatic carbocycles. The first-order valence-corrected chi connectivity index (χ1v) is 15.7. The number of nitrogens with two attached hydrogens (primary N) is 1. The number of hydrogen-bond acceptors (Lipinski definition) is 9. The van der Waals surface area contributed by atoms with E-state index in [9.17, 15) is 0 Å². The van der Waals surface area contributed by atoms with Crippen LogP contribution in [0.4, 0.5) is 11.4 Å². The lowest BCUT2D eigenvalue weighted by atomic mass is 9.95. The molecule has 0 bridgehead atoms. The van der Waals surface area contributed by atoms with Gasteiger partial charge in [-0.25, -0.2) is 0 Å². The van der Waals surface area contributed by atoms with Crippen LogP contribution in [-0.4, -0.2) is 82.7 Å². The van der Waals surface area contributed by atoms with Gasteiger partial charge < -0.3 is 35.1 Å². The van der Waals surface area contributed by atoms with E-state index in [1.54, 1.807) is 27.5 Å². The number of ether oxygens (including phenoxy) is 3. The summed E-state index contributed by atoms with van der Waals surface area (Å²) in [5.74, 6) is 2.91. The van der Waals surface area contributed by atoms with Gasteiger partial charge in [-0.3, -0.25) is 9.97 Å². The smallest absolute Gasteiger partial charge is 0.145 e. The number of hydrogen-bond donors (Lipinski definition) is 2. The quantitative estimate of drug-likeness (QED) is 0.267. The first-order chi connectivity index (χ1) is 21.4. The molecule has 9 nitrogen and oxygen atoms in total. The summed E-state index contributed by atoms with van der Waals surface area (Å²) < 4.78 is 16.0. The molecule has 2 saturated heterocycles. The van der Waals surface area contributed by atoms with Gasteiger partial charge in [-0.15, -0.1) is 0 Å². The third kappa shape index (κ3) is 7.34. The Morgan fingerprint density at radius 3 is 1.82 bits per heavy atom. The lowest BCUT2D eigenvalue weighted by molar-refractivity contribution is 0.192. The average Bonchev–Trinajstić information content (AvgIpc) is 3.03.